The molecule has 0 aromatic heterocycles. The Kier molecular flexibility index (Phi) is 91.9. The largest absolute Gasteiger partial charge is 0.0683 e. The fourth-order valence-electron chi connectivity index (χ4n) is 1.37. The van der Waals surface area contributed by atoms with E-state index in [0.29, 0.717) is 0 Å². The van der Waals surface area contributed by atoms with E-state index in [1.807, 2.05) is 41.5 Å². The van der Waals surface area contributed by atoms with Gasteiger partial charge in [-0.05, 0) is 5.92 Å². The van der Waals surface area contributed by atoms with Crippen molar-refractivity contribution in [3.63, 3.8) is 0 Å². The number of rotatable bonds is 5. The third-order valence-electron chi connectivity index (χ3n) is 1.97. The summed E-state index contributed by atoms with van der Waals surface area (Å²) in [4.78, 5) is 0. The van der Waals surface area contributed by atoms with Crippen molar-refractivity contribution < 1.29 is 0 Å². The van der Waals surface area contributed by atoms with E-state index in [0.717, 1.165) is 5.92 Å². The molecule has 0 unspecified atom stereocenters. The van der Waals surface area contributed by atoms with Crippen LogP contribution in [0, 0.1) is 5.92 Å². The molecule has 0 saturated heterocycles. The van der Waals surface area contributed by atoms with Crippen molar-refractivity contribution >= 4 is 0 Å². The minimum atomic E-state index is 1.01. The van der Waals surface area contributed by atoms with Crippen molar-refractivity contribution in [2.45, 2.75) is 115 Å². The first-order valence-electron chi connectivity index (χ1n) is 8.76. The van der Waals surface area contributed by atoms with Crippen molar-refractivity contribution in [1.29, 1.82) is 0 Å². The van der Waals surface area contributed by atoms with E-state index >= 15 is 0 Å². The summed E-state index contributed by atoms with van der Waals surface area (Å²) < 4.78 is 0. The summed E-state index contributed by atoms with van der Waals surface area (Å²) in [5.41, 5.74) is 0. The van der Waals surface area contributed by atoms with E-state index in [2.05, 4.69) is 34.6 Å². The van der Waals surface area contributed by atoms with Gasteiger partial charge in [0.2, 0.25) is 0 Å². The highest BCUT2D eigenvalue weighted by atomic mass is 14.1. The lowest BCUT2D eigenvalue weighted by molar-refractivity contribution is 0.427. The van der Waals surface area contributed by atoms with Crippen LogP contribution in [-0.2, 0) is 0 Å². The first-order chi connectivity index (χ1) is 8.76. The second-order valence-electron chi connectivity index (χ2n) is 3.56. The third-order valence-corrected chi connectivity index (χ3v) is 1.97. The molecule has 0 atom stereocenters. The molecule has 0 saturated carbocycles. The Morgan fingerprint density at radius 1 is 0.556 bits per heavy atom. The van der Waals surface area contributed by atoms with Crippen molar-refractivity contribution in [1.82, 2.24) is 0 Å². The molecule has 0 heterocycles. The highest BCUT2D eigenvalue weighted by Gasteiger charge is 2.01. The first-order valence-corrected chi connectivity index (χ1v) is 8.76. The van der Waals surface area contributed by atoms with Gasteiger partial charge in [0, 0.05) is 0 Å². The Morgan fingerprint density at radius 3 is 0.889 bits per heavy atom. The molecule has 0 N–H and O–H groups in total. The van der Waals surface area contributed by atoms with E-state index in [1.54, 1.807) is 0 Å². The molecule has 0 aromatic carbocycles. The Balaban J connectivity index is -0.0000000524. The zero-order valence-corrected chi connectivity index (χ0v) is 15.8. The second-order valence-corrected chi connectivity index (χ2v) is 3.56. The van der Waals surface area contributed by atoms with E-state index in [-0.39, 0.29) is 0 Å². The Morgan fingerprint density at radius 2 is 0.778 bits per heavy atom. The van der Waals surface area contributed by atoms with Gasteiger partial charge in [0.25, 0.3) is 0 Å². The lowest BCUT2D eigenvalue weighted by Gasteiger charge is -2.10. The molecule has 0 aliphatic heterocycles. The molecular formula is C18H46. The summed E-state index contributed by atoms with van der Waals surface area (Å²) in [6.07, 6.45) is 8.22. The highest BCUT2D eigenvalue weighted by molar-refractivity contribution is 4.54. The van der Waals surface area contributed by atoms with Gasteiger partial charge in [-0.25, -0.2) is 0 Å². The van der Waals surface area contributed by atoms with Gasteiger partial charge in [-0.2, -0.15) is 0 Å². The zero-order valence-electron chi connectivity index (χ0n) is 15.8. The van der Waals surface area contributed by atoms with Crippen molar-refractivity contribution in [2.75, 3.05) is 0 Å². The second kappa shape index (κ2) is 53.7. The average molecular weight is 263 g/mol. The number of hydrogen-bond donors (Lipinski definition) is 0. The van der Waals surface area contributed by atoms with E-state index < -0.39 is 0 Å². The van der Waals surface area contributed by atoms with Gasteiger partial charge >= 0.3 is 0 Å². The summed E-state index contributed by atoms with van der Waals surface area (Å²) in [5, 5.41) is 0. The van der Waals surface area contributed by atoms with E-state index in [9.17, 15) is 0 Å². The van der Waals surface area contributed by atoms with Gasteiger partial charge in [0.05, 0.1) is 0 Å². The van der Waals surface area contributed by atoms with Crippen LogP contribution in [0.1, 0.15) is 115 Å². The van der Waals surface area contributed by atoms with Crippen LogP contribution in [0.2, 0.25) is 0 Å². The maximum Gasteiger partial charge on any atom is -0.0417 e. The summed E-state index contributed by atoms with van der Waals surface area (Å²) >= 11 is 0. The number of hydrogen-bond acceptors (Lipinski definition) is 0. The van der Waals surface area contributed by atoms with Crippen LogP contribution in [0.4, 0.5) is 0 Å². The third kappa shape index (κ3) is 56.2. The maximum atomic E-state index is 2.30. The van der Waals surface area contributed by atoms with Crippen molar-refractivity contribution in [3.05, 3.63) is 0 Å². The van der Waals surface area contributed by atoms with Gasteiger partial charge in [0.1, 0.15) is 0 Å². The van der Waals surface area contributed by atoms with Gasteiger partial charge in [0.15, 0.2) is 0 Å². The summed E-state index contributed by atoms with van der Waals surface area (Å²) in [6.45, 7) is 23.1. The van der Waals surface area contributed by atoms with Crippen LogP contribution in [0.15, 0.2) is 0 Å². The van der Waals surface area contributed by atoms with Crippen LogP contribution in [0.3, 0.4) is 0 Å². The molecule has 0 bridgehead atoms. The topological polar surface area (TPSA) is 0 Å². The quantitative estimate of drug-likeness (QED) is 0.469. The lowest BCUT2D eigenvalue weighted by atomic mass is 9.96. The predicted octanol–water partition coefficient (Wildman–Crippen LogP) is 8.11. The van der Waals surface area contributed by atoms with Crippen LogP contribution >= 0.6 is 0 Å². The zero-order chi connectivity index (χ0) is 15.8. The molecule has 0 rings (SSSR count). The molecule has 0 spiro atoms. The Labute approximate surface area is 121 Å². The van der Waals surface area contributed by atoms with Gasteiger partial charge in [-0.1, -0.05) is 115 Å². The fraction of sp³-hybridized carbons (Fsp3) is 1.00. The van der Waals surface area contributed by atoms with Crippen molar-refractivity contribution in [2.24, 2.45) is 5.92 Å². The van der Waals surface area contributed by atoms with E-state index in [1.165, 1.54) is 38.5 Å². The van der Waals surface area contributed by atoms with Crippen LogP contribution < -0.4 is 0 Å². The monoisotopic (exact) mass is 262 g/mol. The highest BCUT2D eigenvalue weighted by Crippen LogP contribution is 2.16. The molecule has 0 fully saturated rings. The molecule has 0 radical (unpaired) electrons. The fourth-order valence-corrected chi connectivity index (χ4v) is 1.37. The van der Waals surface area contributed by atoms with Crippen molar-refractivity contribution in [3.8, 4) is 0 Å². The normalized spacial score (nSPS) is 7.33. The predicted molar refractivity (Wildman–Crippen MR) is 93.6 cm³/mol. The minimum absolute atomic E-state index is 1.01. The summed E-state index contributed by atoms with van der Waals surface area (Å²) in [5.74, 6) is 1.01. The SMILES string of the molecule is CC.CC.CC.CCC.CCCC(CC)CCC. The molecule has 118 valence electrons. The molecule has 0 aliphatic carbocycles. The first kappa shape index (κ1) is 30.8. The Bertz CT molecular complexity index is 51.1. The molecule has 18 heavy (non-hydrogen) atoms. The summed E-state index contributed by atoms with van der Waals surface area (Å²) in [6, 6.07) is 0. The standard InChI is InChI=1S/C9H20.C3H8.3C2H6/c1-4-7-9(6-3)8-5-2;1-3-2;3*1-2/h9H,4-8H2,1-3H3;3H2,1-2H3;3*1-2H3. The van der Waals surface area contributed by atoms with E-state index in [4.69, 9.17) is 0 Å². The van der Waals surface area contributed by atoms with Gasteiger partial charge < -0.3 is 0 Å². The smallest absolute Gasteiger partial charge is 0.0417 e. The van der Waals surface area contributed by atoms with Gasteiger partial charge in [-0.15, -0.1) is 0 Å². The molecule has 0 aliphatic rings. The lowest BCUT2D eigenvalue weighted by Crippen LogP contribution is -1.96. The maximum absolute atomic E-state index is 2.30. The van der Waals surface area contributed by atoms with Gasteiger partial charge in [-0.3, -0.25) is 0 Å². The molecular weight excluding hydrogens is 216 g/mol. The minimum Gasteiger partial charge on any atom is -0.0683 e. The molecule has 0 aromatic rings. The summed E-state index contributed by atoms with van der Waals surface area (Å²) in [7, 11) is 0. The molecule has 0 amide bonds. The van der Waals surface area contributed by atoms with Crippen LogP contribution in [-0.4, -0.2) is 0 Å². The molecule has 0 heteroatoms. The van der Waals surface area contributed by atoms with Crippen LogP contribution in [0.5, 0.6) is 0 Å². The Hall–Kier alpha value is 0. The van der Waals surface area contributed by atoms with Crippen LogP contribution in [0.25, 0.3) is 0 Å². The molecule has 0 nitrogen and oxygen atoms in total. The average Bonchev–Trinajstić information content (AvgIpc) is 2.46.